The van der Waals surface area contributed by atoms with Crippen molar-refractivity contribution in [2.75, 3.05) is 19.7 Å². The first-order valence-electron chi connectivity index (χ1n) is 9.80. The van der Waals surface area contributed by atoms with Crippen molar-refractivity contribution < 1.29 is 4.74 Å². The van der Waals surface area contributed by atoms with E-state index in [1.54, 1.807) is 0 Å². The van der Waals surface area contributed by atoms with Crippen LogP contribution in [0, 0.1) is 0 Å². The molecule has 0 bridgehead atoms. The third-order valence-electron chi connectivity index (χ3n) is 4.99. The minimum absolute atomic E-state index is 0.110. The summed E-state index contributed by atoms with van der Waals surface area (Å²) in [5, 5.41) is 17.0. The zero-order chi connectivity index (χ0) is 19.5. The number of rotatable bonds is 5. The van der Waals surface area contributed by atoms with E-state index >= 15 is 0 Å². The van der Waals surface area contributed by atoms with Gasteiger partial charge < -0.3 is 10.1 Å². The molecule has 1 fully saturated rings. The van der Waals surface area contributed by atoms with E-state index in [1.807, 2.05) is 70.3 Å². The molecule has 0 amide bonds. The third-order valence-corrected chi connectivity index (χ3v) is 4.99. The number of nitrogens with zero attached hydrogens (tertiary/aromatic N) is 5. The Balaban J connectivity index is 1.51. The highest BCUT2D eigenvalue weighted by Gasteiger charge is 2.19. The Hall–Kier alpha value is -3.29. The lowest BCUT2D eigenvalue weighted by Crippen LogP contribution is -2.40. The van der Waals surface area contributed by atoms with Crippen LogP contribution in [-0.2, 0) is 11.3 Å². The van der Waals surface area contributed by atoms with Crippen LogP contribution in [-0.4, -0.2) is 50.6 Å². The molecule has 1 N–H and O–H groups in total. The Morgan fingerprint density at radius 1 is 1.00 bits per heavy atom. The van der Waals surface area contributed by atoms with Crippen molar-refractivity contribution in [3.8, 4) is 28.2 Å². The lowest BCUT2D eigenvalue weighted by Gasteiger charge is -2.23. The van der Waals surface area contributed by atoms with Crippen molar-refractivity contribution in [3.05, 3.63) is 73.1 Å². The fraction of sp³-hybridized carbons (Fsp3) is 0.227. The molecule has 146 valence electrons. The van der Waals surface area contributed by atoms with Crippen LogP contribution in [0.3, 0.4) is 0 Å². The predicted molar refractivity (Wildman–Crippen MR) is 111 cm³/mol. The van der Waals surface area contributed by atoms with E-state index in [1.165, 1.54) is 0 Å². The molecule has 1 atom stereocenters. The van der Waals surface area contributed by atoms with Gasteiger partial charge in [0.05, 0.1) is 36.7 Å². The molecule has 1 aliphatic heterocycles. The molecule has 0 spiro atoms. The second kappa shape index (κ2) is 7.98. The van der Waals surface area contributed by atoms with Gasteiger partial charge in [-0.05, 0) is 12.1 Å². The summed E-state index contributed by atoms with van der Waals surface area (Å²) in [5.74, 6) is 0. The maximum Gasteiger partial charge on any atom is 0.116 e. The van der Waals surface area contributed by atoms with Gasteiger partial charge in [0, 0.05) is 24.8 Å². The van der Waals surface area contributed by atoms with Crippen molar-refractivity contribution in [1.82, 2.24) is 30.1 Å². The van der Waals surface area contributed by atoms with Crippen molar-refractivity contribution in [1.29, 1.82) is 0 Å². The van der Waals surface area contributed by atoms with E-state index < -0.39 is 0 Å². The fourth-order valence-corrected chi connectivity index (χ4v) is 3.54. The number of ether oxygens (including phenoxy) is 1. The smallest absolute Gasteiger partial charge is 0.116 e. The van der Waals surface area contributed by atoms with Gasteiger partial charge >= 0.3 is 0 Å². The molecular formula is C22H22N6O. The van der Waals surface area contributed by atoms with Crippen LogP contribution >= 0.6 is 0 Å². The second-order valence-electron chi connectivity index (χ2n) is 7.06. The molecule has 2 aromatic carbocycles. The molecule has 0 radical (unpaired) electrons. The molecule has 7 nitrogen and oxygen atoms in total. The van der Waals surface area contributed by atoms with Gasteiger partial charge in [-0.15, -0.1) is 5.10 Å². The van der Waals surface area contributed by atoms with E-state index in [4.69, 9.17) is 9.84 Å². The summed E-state index contributed by atoms with van der Waals surface area (Å²) in [6.45, 7) is 3.14. The molecule has 1 unspecified atom stereocenters. The first-order chi connectivity index (χ1) is 14.4. The maximum absolute atomic E-state index is 5.78. The summed E-state index contributed by atoms with van der Waals surface area (Å²) in [6.07, 6.45) is 4.10. The third kappa shape index (κ3) is 3.83. The fourth-order valence-electron chi connectivity index (χ4n) is 3.54. The van der Waals surface area contributed by atoms with Crippen molar-refractivity contribution in [2.45, 2.75) is 12.6 Å². The average Bonchev–Trinajstić information content (AvgIpc) is 3.43. The summed E-state index contributed by atoms with van der Waals surface area (Å²) >= 11 is 0. The zero-order valence-corrected chi connectivity index (χ0v) is 16.0. The zero-order valence-electron chi connectivity index (χ0n) is 16.0. The van der Waals surface area contributed by atoms with E-state index in [0.29, 0.717) is 6.54 Å². The number of benzene rings is 2. The molecular weight excluding hydrogens is 364 g/mol. The van der Waals surface area contributed by atoms with E-state index in [2.05, 4.69) is 27.8 Å². The van der Waals surface area contributed by atoms with Gasteiger partial charge in [-0.1, -0.05) is 53.7 Å². The summed E-state index contributed by atoms with van der Waals surface area (Å²) < 4.78 is 9.53. The van der Waals surface area contributed by atoms with Crippen LogP contribution in [0.2, 0.25) is 0 Å². The number of hydrogen-bond donors (Lipinski definition) is 1. The Kier molecular flexibility index (Phi) is 4.90. The number of aromatic nitrogens is 5. The summed E-state index contributed by atoms with van der Waals surface area (Å²) in [4.78, 5) is 0. The van der Waals surface area contributed by atoms with Gasteiger partial charge in [-0.2, -0.15) is 5.10 Å². The first kappa shape index (κ1) is 17.8. The van der Waals surface area contributed by atoms with Crippen LogP contribution < -0.4 is 5.32 Å². The van der Waals surface area contributed by atoms with Crippen LogP contribution in [0.15, 0.2) is 73.1 Å². The van der Waals surface area contributed by atoms with E-state index in [9.17, 15) is 0 Å². The molecule has 0 saturated carbocycles. The van der Waals surface area contributed by atoms with E-state index in [-0.39, 0.29) is 6.10 Å². The topological polar surface area (TPSA) is 69.8 Å². The molecule has 1 aliphatic rings. The highest BCUT2D eigenvalue weighted by Crippen LogP contribution is 2.30. The predicted octanol–water partition coefficient (Wildman–Crippen LogP) is 2.79. The number of nitrogens with one attached hydrogen (secondary N) is 1. The quantitative estimate of drug-likeness (QED) is 0.571. The Bertz CT molecular complexity index is 1070. The highest BCUT2D eigenvalue weighted by molar-refractivity contribution is 5.78. The Labute approximate surface area is 168 Å². The Morgan fingerprint density at radius 2 is 1.79 bits per heavy atom. The molecule has 29 heavy (non-hydrogen) atoms. The van der Waals surface area contributed by atoms with Gasteiger partial charge in [-0.3, -0.25) is 0 Å². The first-order valence-corrected chi connectivity index (χ1v) is 9.80. The molecule has 5 rings (SSSR count). The van der Waals surface area contributed by atoms with Gasteiger partial charge in [0.1, 0.15) is 11.4 Å². The van der Waals surface area contributed by atoms with Gasteiger partial charge in [0.15, 0.2) is 0 Å². The van der Waals surface area contributed by atoms with Crippen LogP contribution in [0.4, 0.5) is 0 Å². The van der Waals surface area contributed by atoms with Gasteiger partial charge in [0.25, 0.3) is 0 Å². The Morgan fingerprint density at radius 3 is 2.55 bits per heavy atom. The maximum atomic E-state index is 5.78. The van der Waals surface area contributed by atoms with Crippen LogP contribution in [0.5, 0.6) is 0 Å². The minimum Gasteiger partial charge on any atom is -0.374 e. The summed E-state index contributed by atoms with van der Waals surface area (Å²) in [6, 6.07) is 20.3. The highest BCUT2D eigenvalue weighted by atomic mass is 16.5. The minimum atomic E-state index is 0.110. The average molecular weight is 386 g/mol. The molecule has 2 aromatic heterocycles. The largest absolute Gasteiger partial charge is 0.374 e. The van der Waals surface area contributed by atoms with Gasteiger partial charge in [0.2, 0.25) is 0 Å². The lowest BCUT2D eigenvalue weighted by atomic mass is 10.1. The van der Waals surface area contributed by atoms with Crippen molar-refractivity contribution in [2.24, 2.45) is 0 Å². The second-order valence-corrected chi connectivity index (χ2v) is 7.06. The SMILES string of the molecule is c1ccc(-c2nn(-c3ccccc3)cc2-c2cn(CC3CNCCO3)nn2)cc1. The number of hydrogen-bond acceptors (Lipinski definition) is 5. The molecule has 1 saturated heterocycles. The monoisotopic (exact) mass is 386 g/mol. The van der Waals surface area contributed by atoms with Crippen molar-refractivity contribution >= 4 is 0 Å². The summed E-state index contributed by atoms with van der Waals surface area (Å²) in [7, 11) is 0. The van der Waals surface area contributed by atoms with Gasteiger partial charge in [-0.25, -0.2) is 9.36 Å². The molecule has 0 aliphatic carbocycles. The van der Waals surface area contributed by atoms with Crippen LogP contribution in [0.25, 0.3) is 28.2 Å². The normalized spacial score (nSPS) is 16.8. The molecule has 7 heteroatoms. The number of morpholine rings is 1. The lowest BCUT2D eigenvalue weighted by molar-refractivity contribution is 0.0158. The molecule has 3 heterocycles. The van der Waals surface area contributed by atoms with Crippen molar-refractivity contribution in [3.63, 3.8) is 0 Å². The molecule has 4 aromatic rings. The van der Waals surface area contributed by atoms with E-state index in [0.717, 1.165) is 47.9 Å². The summed E-state index contributed by atoms with van der Waals surface area (Å²) in [5.41, 5.74) is 4.69. The van der Waals surface area contributed by atoms with Crippen LogP contribution in [0.1, 0.15) is 0 Å². The number of para-hydroxylation sites is 1. The standard InChI is InChI=1S/C22H22N6O/c1-3-7-17(8-4-1)22-20(15-28(25-22)18-9-5-2-6-10-18)21-16-27(26-24-21)14-19-13-23-11-12-29-19/h1-10,15-16,19,23H,11-14H2.